The minimum Gasteiger partial charge on any atom is -0.315 e. The molecule has 1 aliphatic heterocycles. The topological polar surface area (TPSA) is 71.7 Å². The van der Waals surface area contributed by atoms with Crippen LogP contribution in [0.1, 0.15) is 30.1 Å². The Bertz CT molecular complexity index is 1290. The van der Waals surface area contributed by atoms with Crippen LogP contribution in [0.5, 0.6) is 0 Å². The van der Waals surface area contributed by atoms with E-state index in [2.05, 4.69) is 4.99 Å². The van der Waals surface area contributed by atoms with Gasteiger partial charge >= 0.3 is 0 Å². The van der Waals surface area contributed by atoms with Gasteiger partial charge in [-0.05, 0) is 56.2 Å². The van der Waals surface area contributed by atoms with Gasteiger partial charge in [-0.15, -0.1) is 0 Å². The van der Waals surface area contributed by atoms with Crippen LogP contribution in [-0.4, -0.2) is 36.3 Å². The maximum Gasteiger partial charge on any atom is 0.279 e. The molecule has 0 saturated carbocycles. The Kier molecular flexibility index (Phi) is 6.05. The number of nitrogens with zero attached hydrogens (tertiary/aromatic N) is 3. The lowest BCUT2D eigenvalue weighted by atomic mass is 10.2. The number of hydrogen-bond donors (Lipinski definition) is 0. The van der Waals surface area contributed by atoms with Gasteiger partial charge in [-0.25, -0.2) is 8.42 Å². The van der Waals surface area contributed by atoms with E-state index >= 15 is 0 Å². The molecule has 1 aliphatic rings. The molecule has 6 nitrogen and oxygen atoms in total. The third-order valence-corrected chi connectivity index (χ3v) is 8.46. The van der Waals surface area contributed by atoms with E-state index < -0.39 is 15.9 Å². The highest BCUT2D eigenvalue weighted by molar-refractivity contribution is 7.89. The lowest BCUT2D eigenvalue weighted by molar-refractivity contribution is 0.0997. The van der Waals surface area contributed by atoms with Gasteiger partial charge in [-0.3, -0.25) is 4.79 Å². The van der Waals surface area contributed by atoms with Crippen molar-refractivity contribution < 1.29 is 13.2 Å². The van der Waals surface area contributed by atoms with E-state index in [1.165, 1.54) is 39.9 Å². The second kappa shape index (κ2) is 8.43. The van der Waals surface area contributed by atoms with Crippen molar-refractivity contribution in [2.24, 2.45) is 4.99 Å². The summed E-state index contributed by atoms with van der Waals surface area (Å²) in [4.78, 5) is 17.7. The van der Waals surface area contributed by atoms with Crippen molar-refractivity contribution in [1.82, 2.24) is 8.87 Å². The van der Waals surface area contributed by atoms with Crippen molar-refractivity contribution in [1.29, 1.82) is 0 Å². The summed E-state index contributed by atoms with van der Waals surface area (Å²) in [5.41, 5.74) is 1.10. The summed E-state index contributed by atoms with van der Waals surface area (Å²) in [6.07, 6.45) is 1.74. The van der Waals surface area contributed by atoms with Crippen molar-refractivity contribution in [3.05, 3.63) is 56.8 Å². The smallest absolute Gasteiger partial charge is 0.279 e. The summed E-state index contributed by atoms with van der Waals surface area (Å²) in [6.45, 7) is 3.60. The molecule has 1 saturated heterocycles. The molecule has 0 atom stereocenters. The van der Waals surface area contributed by atoms with Crippen LogP contribution in [0.4, 0.5) is 0 Å². The Morgan fingerprint density at radius 2 is 1.80 bits per heavy atom. The van der Waals surface area contributed by atoms with Gasteiger partial charge in [0.05, 0.1) is 20.1 Å². The number of amides is 1. The molecule has 0 bridgehead atoms. The first-order valence-electron chi connectivity index (χ1n) is 9.49. The highest BCUT2D eigenvalue weighted by Crippen LogP contribution is 2.29. The zero-order valence-corrected chi connectivity index (χ0v) is 19.3. The Morgan fingerprint density at radius 3 is 2.43 bits per heavy atom. The third kappa shape index (κ3) is 3.94. The molecule has 2 aromatic carbocycles. The summed E-state index contributed by atoms with van der Waals surface area (Å²) in [5, 5.41) is 1.02. The molecule has 0 aliphatic carbocycles. The summed E-state index contributed by atoms with van der Waals surface area (Å²) in [5.74, 6) is -0.448. The minimum atomic E-state index is -3.51. The number of benzene rings is 2. The molecule has 0 N–H and O–H groups in total. The van der Waals surface area contributed by atoms with Crippen LogP contribution in [0.15, 0.2) is 46.3 Å². The van der Waals surface area contributed by atoms with Gasteiger partial charge in [-0.2, -0.15) is 9.30 Å². The fourth-order valence-electron chi connectivity index (χ4n) is 3.51. The lowest BCUT2D eigenvalue weighted by Gasteiger charge is -2.15. The van der Waals surface area contributed by atoms with Gasteiger partial charge in [0.1, 0.15) is 0 Å². The molecule has 10 heteroatoms. The molecular weight excluding hydrogens is 465 g/mol. The number of rotatable bonds is 4. The molecule has 1 fully saturated rings. The van der Waals surface area contributed by atoms with Crippen LogP contribution in [0.3, 0.4) is 0 Å². The quantitative estimate of drug-likeness (QED) is 0.545. The molecular formula is C20H19Cl2N3O3S2. The fourth-order valence-corrected chi connectivity index (χ4v) is 6.90. The van der Waals surface area contributed by atoms with Gasteiger partial charge in [0, 0.05) is 30.2 Å². The summed E-state index contributed by atoms with van der Waals surface area (Å²) in [6, 6.07) is 9.39. The van der Waals surface area contributed by atoms with Crippen molar-refractivity contribution in [2.45, 2.75) is 31.2 Å². The molecule has 0 unspecified atom stereocenters. The largest absolute Gasteiger partial charge is 0.315 e. The molecule has 4 rings (SSSR count). The van der Waals surface area contributed by atoms with E-state index in [9.17, 15) is 13.2 Å². The Balaban J connectivity index is 1.69. The standard InChI is InChI=1S/C20H19Cl2N3O3S2/c1-2-25-18-16(22)11-14(21)12-17(18)29-20(25)23-19(26)13-5-7-15(8-6-13)30(27,28)24-9-3-4-10-24/h5-8,11-12H,2-4,9-10H2,1H3. The van der Waals surface area contributed by atoms with Crippen molar-refractivity contribution in [3.63, 3.8) is 0 Å². The number of carbonyl (C=O) groups excluding carboxylic acids is 1. The SMILES string of the molecule is CCn1c(=NC(=O)c2ccc(S(=O)(=O)N3CCCC3)cc2)sc2cc(Cl)cc(Cl)c21. The first kappa shape index (κ1) is 21.5. The van der Waals surface area contributed by atoms with Gasteiger partial charge in [0.25, 0.3) is 5.91 Å². The molecule has 1 amide bonds. The number of sulfonamides is 1. The van der Waals surface area contributed by atoms with Gasteiger partial charge in [0.15, 0.2) is 4.80 Å². The number of hydrogen-bond acceptors (Lipinski definition) is 4. The van der Waals surface area contributed by atoms with Crippen LogP contribution >= 0.6 is 34.5 Å². The second-order valence-corrected chi connectivity index (χ2v) is 10.7. The van der Waals surface area contributed by atoms with Crippen LogP contribution in [0, 0.1) is 0 Å². The molecule has 3 aromatic rings. The Hall–Kier alpha value is -1.71. The predicted molar refractivity (Wildman–Crippen MR) is 120 cm³/mol. The Morgan fingerprint density at radius 1 is 1.13 bits per heavy atom. The van der Waals surface area contributed by atoms with E-state index in [0.717, 1.165) is 23.1 Å². The van der Waals surface area contributed by atoms with Crippen molar-refractivity contribution in [3.8, 4) is 0 Å². The first-order chi connectivity index (χ1) is 14.3. The molecule has 2 heterocycles. The zero-order chi connectivity index (χ0) is 21.5. The van der Waals surface area contributed by atoms with Gasteiger partial charge in [-0.1, -0.05) is 34.5 Å². The molecule has 158 valence electrons. The maximum absolute atomic E-state index is 12.7. The van der Waals surface area contributed by atoms with Crippen molar-refractivity contribution >= 4 is 60.7 Å². The molecule has 0 spiro atoms. The summed E-state index contributed by atoms with van der Waals surface area (Å²) >= 11 is 13.8. The molecule has 1 aromatic heterocycles. The van der Waals surface area contributed by atoms with Gasteiger partial charge in [0.2, 0.25) is 10.0 Å². The average Bonchev–Trinajstić information content (AvgIpc) is 3.36. The van der Waals surface area contributed by atoms with E-state index in [0.29, 0.717) is 40.0 Å². The molecule has 0 radical (unpaired) electrons. The van der Waals surface area contributed by atoms with E-state index in [1.54, 1.807) is 12.1 Å². The van der Waals surface area contributed by atoms with Crippen molar-refractivity contribution in [2.75, 3.05) is 13.1 Å². The zero-order valence-electron chi connectivity index (χ0n) is 16.1. The summed E-state index contributed by atoms with van der Waals surface area (Å²) in [7, 11) is -3.51. The third-order valence-electron chi connectivity index (χ3n) is 5.01. The highest BCUT2D eigenvalue weighted by atomic mass is 35.5. The average molecular weight is 484 g/mol. The monoisotopic (exact) mass is 483 g/mol. The summed E-state index contributed by atoms with van der Waals surface area (Å²) < 4.78 is 29.5. The Labute approximate surface area is 188 Å². The number of halogens is 2. The number of fused-ring (bicyclic) bond motifs is 1. The van der Waals surface area contributed by atoms with Gasteiger partial charge < -0.3 is 4.57 Å². The number of aromatic nitrogens is 1. The molecule has 30 heavy (non-hydrogen) atoms. The fraction of sp³-hybridized carbons (Fsp3) is 0.300. The first-order valence-corrected chi connectivity index (χ1v) is 12.5. The normalized spacial score (nSPS) is 15.9. The predicted octanol–water partition coefficient (Wildman–Crippen LogP) is 4.56. The lowest BCUT2D eigenvalue weighted by Crippen LogP contribution is -2.27. The van der Waals surface area contributed by atoms with Crippen LogP contribution in [0.2, 0.25) is 10.0 Å². The van der Waals surface area contributed by atoms with E-state index in [4.69, 9.17) is 23.2 Å². The number of aryl methyl sites for hydroxylation is 1. The number of thiazole rings is 1. The van der Waals surface area contributed by atoms with Crippen LogP contribution in [-0.2, 0) is 16.6 Å². The van der Waals surface area contributed by atoms with Crippen LogP contribution < -0.4 is 4.80 Å². The van der Waals surface area contributed by atoms with E-state index in [1.807, 2.05) is 11.5 Å². The minimum absolute atomic E-state index is 0.188. The highest BCUT2D eigenvalue weighted by Gasteiger charge is 2.27. The van der Waals surface area contributed by atoms with Crippen LogP contribution in [0.25, 0.3) is 10.2 Å². The van der Waals surface area contributed by atoms with E-state index in [-0.39, 0.29) is 4.90 Å². The number of carbonyl (C=O) groups is 1. The maximum atomic E-state index is 12.7. The second-order valence-electron chi connectivity index (χ2n) is 6.92.